The van der Waals surface area contributed by atoms with E-state index in [0.717, 1.165) is 29.1 Å². The standard InChI is InChI=1S/C19H22N4O2S/c24-18(16-4-3-11-26-16)14-6-9-22(10-7-14)19(25)20-12-15-13-23-8-2-1-5-17(23)21-15/h1-5,8,11,13-14,18,24H,6-7,9-10,12H2,(H,20,25)/t18-/m1/s1. The minimum atomic E-state index is -0.418. The molecule has 136 valence electrons. The molecule has 2 amide bonds. The third-order valence-electron chi connectivity index (χ3n) is 4.94. The van der Waals surface area contributed by atoms with Gasteiger partial charge in [0.1, 0.15) is 5.65 Å². The third kappa shape index (κ3) is 3.59. The fraction of sp³-hybridized carbons (Fsp3) is 0.368. The van der Waals surface area contributed by atoms with Gasteiger partial charge < -0.3 is 19.7 Å². The number of pyridine rings is 1. The molecule has 1 atom stereocenters. The highest BCUT2D eigenvalue weighted by Crippen LogP contribution is 2.32. The van der Waals surface area contributed by atoms with Gasteiger partial charge >= 0.3 is 6.03 Å². The number of carbonyl (C=O) groups excluding carboxylic acids is 1. The summed E-state index contributed by atoms with van der Waals surface area (Å²) in [6, 6.07) is 9.71. The molecule has 6 nitrogen and oxygen atoms in total. The number of amides is 2. The first-order valence-electron chi connectivity index (χ1n) is 8.87. The Hall–Kier alpha value is -2.38. The van der Waals surface area contributed by atoms with E-state index >= 15 is 0 Å². The number of aliphatic hydroxyl groups is 1. The van der Waals surface area contributed by atoms with Crippen molar-refractivity contribution in [3.63, 3.8) is 0 Å². The Morgan fingerprint density at radius 1 is 1.31 bits per heavy atom. The molecule has 1 aliphatic heterocycles. The number of rotatable bonds is 4. The van der Waals surface area contributed by atoms with Gasteiger partial charge in [0, 0.05) is 30.4 Å². The lowest BCUT2D eigenvalue weighted by Crippen LogP contribution is -2.44. The first-order valence-corrected chi connectivity index (χ1v) is 9.75. The highest BCUT2D eigenvalue weighted by atomic mass is 32.1. The molecule has 0 unspecified atom stereocenters. The van der Waals surface area contributed by atoms with Crippen molar-refractivity contribution in [2.24, 2.45) is 5.92 Å². The SMILES string of the molecule is O=C(NCc1cn2ccccc2n1)N1CCC([C@@H](O)c2cccs2)CC1. The molecular weight excluding hydrogens is 348 g/mol. The van der Waals surface area contributed by atoms with Crippen molar-refractivity contribution in [2.75, 3.05) is 13.1 Å². The molecule has 0 aliphatic carbocycles. The van der Waals surface area contributed by atoms with E-state index in [2.05, 4.69) is 10.3 Å². The molecular formula is C19H22N4O2S. The smallest absolute Gasteiger partial charge is 0.317 e. The van der Waals surface area contributed by atoms with Crippen LogP contribution in [0, 0.1) is 5.92 Å². The maximum atomic E-state index is 12.4. The van der Waals surface area contributed by atoms with Crippen molar-refractivity contribution in [2.45, 2.75) is 25.5 Å². The molecule has 2 N–H and O–H groups in total. The third-order valence-corrected chi connectivity index (χ3v) is 5.89. The van der Waals surface area contributed by atoms with Crippen LogP contribution in [-0.2, 0) is 6.54 Å². The van der Waals surface area contributed by atoms with Crippen molar-refractivity contribution in [1.82, 2.24) is 19.6 Å². The highest BCUT2D eigenvalue weighted by Gasteiger charge is 2.28. The minimum absolute atomic E-state index is 0.0638. The second kappa shape index (κ2) is 7.47. The zero-order valence-corrected chi connectivity index (χ0v) is 15.2. The van der Waals surface area contributed by atoms with Crippen LogP contribution in [0.25, 0.3) is 5.65 Å². The number of aromatic nitrogens is 2. The number of piperidine rings is 1. The van der Waals surface area contributed by atoms with E-state index in [1.165, 1.54) is 0 Å². The number of likely N-dealkylation sites (tertiary alicyclic amines) is 1. The average molecular weight is 370 g/mol. The van der Waals surface area contributed by atoms with Crippen LogP contribution in [0.15, 0.2) is 48.1 Å². The Kier molecular flexibility index (Phi) is 4.90. The Balaban J connectivity index is 1.28. The monoisotopic (exact) mass is 370 g/mol. The number of imidazole rings is 1. The minimum Gasteiger partial charge on any atom is -0.387 e. The van der Waals surface area contributed by atoms with Gasteiger partial charge in [-0.25, -0.2) is 9.78 Å². The summed E-state index contributed by atoms with van der Waals surface area (Å²) in [6.07, 6.45) is 5.09. The lowest BCUT2D eigenvalue weighted by molar-refractivity contribution is 0.0689. The van der Waals surface area contributed by atoms with Crippen LogP contribution in [0.5, 0.6) is 0 Å². The van der Waals surface area contributed by atoms with Gasteiger partial charge in [-0.3, -0.25) is 0 Å². The van der Waals surface area contributed by atoms with Crippen LogP contribution in [-0.4, -0.2) is 38.5 Å². The summed E-state index contributed by atoms with van der Waals surface area (Å²) >= 11 is 1.59. The molecule has 0 bridgehead atoms. The van der Waals surface area contributed by atoms with Crippen LogP contribution in [0.4, 0.5) is 4.79 Å². The molecule has 1 fully saturated rings. The summed E-state index contributed by atoms with van der Waals surface area (Å²) in [7, 11) is 0. The highest BCUT2D eigenvalue weighted by molar-refractivity contribution is 7.10. The lowest BCUT2D eigenvalue weighted by atomic mass is 9.90. The van der Waals surface area contributed by atoms with Crippen molar-refractivity contribution in [3.05, 3.63) is 58.7 Å². The molecule has 1 saturated heterocycles. The van der Waals surface area contributed by atoms with E-state index in [4.69, 9.17) is 0 Å². The summed E-state index contributed by atoms with van der Waals surface area (Å²) in [6.45, 7) is 1.76. The van der Waals surface area contributed by atoms with Gasteiger partial charge in [-0.15, -0.1) is 11.3 Å². The number of nitrogens with zero attached hydrogens (tertiary/aromatic N) is 3. The number of aliphatic hydroxyl groups excluding tert-OH is 1. The summed E-state index contributed by atoms with van der Waals surface area (Å²) < 4.78 is 1.94. The Morgan fingerprint density at radius 3 is 2.88 bits per heavy atom. The van der Waals surface area contributed by atoms with Crippen molar-refractivity contribution >= 4 is 23.0 Å². The summed E-state index contributed by atoms with van der Waals surface area (Å²) in [5.74, 6) is 0.219. The van der Waals surface area contributed by atoms with E-state index in [1.807, 2.05) is 57.4 Å². The number of urea groups is 1. The Morgan fingerprint density at radius 2 is 2.15 bits per heavy atom. The molecule has 1 aliphatic rings. The van der Waals surface area contributed by atoms with Gasteiger partial charge in [0.15, 0.2) is 0 Å². The Labute approximate surface area is 156 Å². The number of nitrogens with one attached hydrogen (secondary N) is 1. The van der Waals surface area contributed by atoms with Crippen molar-refractivity contribution in [3.8, 4) is 0 Å². The van der Waals surface area contributed by atoms with Gasteiger partial charge in [-0.05, 0) is 42.3 Å². The number of fused-ring (bicyclic) bond motifs is 1. The van der Waals surface area contributed by atoms with Crippen LogP contribution < -0.4 is 5.32 Å². The van der Waals surface area contributed by atoms with Crippen molar-refractivity contribution < 1.29 is 9.90 Å². The van der Waals surface area contributed by atoms with Gasteiger partial charge in [-0.1, -0.05) is 12.1 Å². The number of hydrogen-bond donors (Lipinski definition) is 2. The normalized spacial score (nSPS) is 16.7. The average Bonchev–Trinajstić information content (AvgIpc) is 3.35. The van der Waals surface area contributed by atoms with Crippen LogP contribution in [0.1, 0.15) is 29.5 Å². The maximum Gasteiger partial charge on any atom is 0.317 e. The van der Waals surface area contributed by atoms with E-state index in [1.54, 1.807) is 11.3 Å². The van der Waals surface area contributed by atoms with Crippen LogP contribution in [0.2, 0.25) is 0 Å². The molecule has 4 rings (SSSR count). The van der Waals surface area contributed by atoms with Crippen LogP contribution in [0.3, 0.4) is 0 Å². The second-order valence-corrected chi connectivity index (χ2v) is 7.62. The topological polar surface area (TPSA) is 69.9 Å². The summed E-state index contributed by atoms with van der Waals surface area (Å²) in [5, 5.41) is 15.4. The zero-order chi connectivity index (χ0) is 17.9. The van der Waals surface area contributed by atoms with E-state index in [0.29, 0.717) is 19.6 Å². The van der Waals surface area contributed by atoms with E-state index in [9.17, 15) is 9.90 Å². The second-order valence-electron chi connectivity index (χ2n) is 6.64. The number of hydrogen-bond acceptors (Lipinski definition) is 4. The van der Waals surface area contributed by atoms with Crippen LogP contribution >= 0.6 is 11.3 Å². The van der Waals surface area contributed by atoms with Gasteiger partial charge in [-0.2, -0.15) is 0 Å². The molecule has 7 heteroatoms. The lowest BCUT2D eigenvalue weighted by Gasteiger charge is -2.33. The predicted molar refractivity (Wildman–Crippen MR) is 101 cm³/mol. The quantitative estimate of drug-likeness (QED) is 0.742. The zero-order valence-electron chi connectivity index (χ0n) is 14.4. The molecule has 0 aromatic carbocycles. The summed E-state index contributed by atoms with van der Waals surface area (Å²) in [4.78, 5) is 19.7. The molecule has 0 saturated carbocycles. The predicted octanol–water partition coefficient (Wildman–Crippen LogP) is 3.05. The van der Waals surface area contributed by atoms with Gasteiger partial charge in [0.25, 0.3) is 0 Å². The Bertz CT molecular complexity index is 836. The van der Waals surface area contributed by atoms with E-state index in [-0.39, 0.29) is 11.9 Å². The number of thiophene rings is 1. The fourth-order valence-corrected chi connectivity index (χ4v) is 4.26. The maximum absolute atomic E-state index is 12.4. The van der Waals surface area contributed by atoms with Crippen molar-refractivity contribution in [1.29, 1.82) is 0 Å². The molecule has 0 spiro atoms. The summed E-state index contributed by atoms with van der Waals surface area (Å²) in [5.41, 5.74) is 1.72. The molecule has 3 aromatic heterocycles. The molecule has 26 heavy (non-hydrogen) atoms. The fourth-order valence-electron chi connectivity index (χ4n) is 3.46. The first kappa shape index (κ1) is 17.1. The van der Waals surface area contributed by atoms with Gasteiger partial charge in [0.2, 0.25) is 0 Å². The molecule has 0 radical (unpaired) electrons. The number of carbonyl (C=O) groups is 1. The molecule has 4 heterocycles. The molecule has 3 aromatic rings. The van der Waals surface area contributed by atoms with Gasteiger partial charge in [0.05, 0.1) is 18.3 Å². The largest absolute Gasteiger partial charge is 0.387 e. The first-order chi connectivity index (χ1) is 12.7. The van der Waals surface area contributed by atoms with E-state index < -0.39 is 6.10 Å².